The smallest absolute Gasteiger partial charge is 0.313 e. The predicted octanol–water partition coefficient (Wildman–Crippen LogP) is 3.57. The van der Waals surface area contributed by atoms with Gasteiger partial charge in [0.15, 0.2) is 0 Å². The molecule has 1 atom stereocenters. The van der Waals surface area contributed by atoms with Crippen molar-refractivity contribution < 1.29 is 14.3 Å². The van der Waals surface area contributed by atoms with E-state index in [0.717, 1.165) is 24.8 Å². The molecule has 1 amide bonds. The van der Waals surface area contributed by atoms with Crippen molar-refractivity contribution in [3.05, 3.63) is 65.7 Å². The first-order chi connectivity index (χ1) is 11.7. The molecule has 0 aromatic heterocycles. The predicted molar refractivity (Wildman–Crippen MR) is 91.6 cm³/mol. The highest BCUT2D eigenvalue weighted by molar-refractivity contribution is 5.80. The molecule has 1 aliphatic heterocycles. The van der Waals surface area contributed by atoms with Crippen LogP contribution in [0.2, 0.25) is 0 Å². The highest BCUT2D eigenvalue weighted by Gasteiger charge is 2.27. The summed E-state index contributed by atoms with van der Waals surface area (Å²) in [5.41, 5.74) is 2.16. The topological polar surface area (TPSA) is 55.4 Å². The number of rotatable bonds is 6. The van der Waals surface area contributed by atoms with E-state index in [4.69, 9.17) is 4.74 Å². The van der Waals surface area contributed by atoms with E-state index in [9.17, 15) is 9.59 Å². The van der Waals surface area contributed by atoms with Crippen molar-refractivity contribution in [3.63, 3.8) is 0 Å². The van der Waals surface area contributed by atoms with Crippen LogP contribution >= 0.6 is 0 Å². The van der Waals surface area contributed by atoms with Gasteiger partial charge >= 0.3 is 5.97 Å². The lowest BCUT2D eigenvalue weighted by Crippen LogP contribution is -2.34. The van der Waals surface area contributed by atoms with Crippen LogP contribution in [0, 0.1) is 0 Å². The maximum atomic E-state index is 12.2. The summed E-state index contributed by atoms with van der Waals surface area (Å²) in [6.45, 7) is 0. The standard InChI is InChI=1S/C20H21NO3/c22-19(13-7-4-10-15-8-2-1-3-9-15)21-17-14-20(23)24-18-12-6-5-11-16(17)18/h1-3,5-6,8-9,11-12,17H,4,7,10,13-14H2,(H,21,22). The number of nitrogens with one attached hydrogen (secondary N) is 1. The molecule has 24 heavy (non-hydrogen) atoms. The Morgan fingerprint density at radius 2 is 1.79 bits per heavy atom. The third kappa shape index (κ3) is 4.22. The van der Waals surface area contributed by atoms with Gasteiger partial charge in [-0.15, -0.1) is 0 Å². The van der Waals surface area contributed by atoms with Crippen molar-refractivity contribution >= 4 is 11.9 Å². The van der Waals surface area contributed by atoms with Crippen LogP contribution in [0.4, 0.5) is 0 Å². The largest absolute Gasteiger partial charge is 0.426 e. The molecule has 124 valence electrons. The molecule has 2 aromatic carbocycles. The fraction of sp³-hybridized carbons (Fsp3) is 0.300. The van der Waals surface area contributed by atoms with E-state index in [-0.39, 0.29) is 24.3 Å². The number of amides is 1. The first-order valence-electron chi connectivity index (χ1n) is 8.35. The summed E-state index contributed by atoms with van der Waals surface area (Å²) < 4.78 is 5.20. The Morgan fingerprint density at radius 1 is 1.04 bits per heavy atom. The fourth-order valence-electron chi connectivity index (χ4n) is 2.96. The molecule has 0 saturated heterocycles. The quantitative estimate of drug-likeness (QED) is 0.502. The van der Waals surface area contributed by atoms with E-state index in [0.29, 0.717) is 12.2 Å². The van der Waals surface area contributed by atoms with Crippen molar-refractivity contribution in [2.45, 2.75) is 38.1 Å². The van der Waals surface area contributed by atoms with Crippen LogP contribution in [-0.2, 0) is 16.0 Å². The van der Waals surface area contributed by atoms with E-state index in [1.807, 2.05) is 36.4 Å². The average Bonchev–Trinajstić information content (AvgIpc) is 2.59. The van der Waals surface area contributed by atoms with Crippen molar-refractivity contribution in [2.24, 2.45) is 0 Å². The lowest BCUT2D eigenvalue weighted by atomic mass is 10.00. The van der Waals surface area contributed by atoms with Gasteiger partial charge in [-0.05, 0) is 30.9 Å². The number of benzene rings is 2. The van der Waals surface area contributed by atoms with Crippen LogP contribution < -0.4 is 10.1 Å². The lowest BCUT2D eigenvalue weighted by Gasteiger charge is -2.25. The van der Waals surface area contributed by atoms with Crippen LogP contribution in [0.25, 0.3) is 0 Å². The Balaban J connectivity index is 1.48. The lowest BCUT2D eigenvalue weighted by molar-refractivity contribution is -0.136. The van der Waals surface area contributed by atoms with E-state index < -0.39 is 0 Å². The zero-order valence-corrected chi connectivity index (χ0v) is 13.5. The number of para-hydroxylation sites is 1. The van der Waals surface area contributed by atoms with Gasteiger partial charge in [-0.3, -0.25) is 9.59 Å². The minimum atomic E-state index is -0.303. The molecule has 1 aliphatic rings. The Kier molecular flexibility index (Phi) is 5.26. The molecule has 3 rings (SSSR count). The highest BCUT2D eigenvalue weighted by Crippen LogP contribution is 2.32. The first kappa shape index (κ1) is 16.2. The average molecular weight is 323 g/mol. The van der Waals surface area contributed by atoms with Crippen molar-refractivity contribution in [2.75, 3.05) is 0 Å². The second-order valence-electron chi connectivity index (χ2n) is 6.03. The van der Waals surface area contributed by atoms with Crippen LogP contribution in [0.1, 0.15) is 42.9 Å². The molecule has 0 saturated carbocycles. The van der Waals surface area contributed by atoms with Crippen LogP contribution in [0.5, 0.6) is 5.75 Å². The SMILES string of the molecule is O=C(CCCCc1ccccc1)NC1CC(=O)Oc2ccccc21. The number of esters is 1. The fourth-order valence-corrected chi connectivity index (χ4v) is 2.96. The maximum Gasteiger partial charge on any atom is 0.313 e. The number of hydrogen-bond donors (Lipinski definition) is 1. The molecule has 0 fully saturated rings. The summed E-state index contributed by atoms with van der Waals surface area (Å²) in [6, 6.07) is 17.3. The summed E-state index contributed by atoms with van der Waals surface area (Å²) >= 11 is 0. The third-order valence-electron chi connectivity index (χ3n) is 4.19. The van der Waals surface area contributed by atoms with E-state index in [1.165, 1.54) is 5.56 Å². The summed E-state index contributed by atoms with van der Waals surface area (Å²) in [6.07, 6.45) is 3.44. The Labute approximate surface area is 141 Å². The minimum absolute atomic E-state index is 0.0161. The molecule has 1 N–H and O–H groups in total. The summed E-state index contributed by atoms with van der Waals surface area (Å²) in [7, 11) is 0. The van der Waals surface area contributed by atoms with Crippen molar-refractivity contribution in [1.29, 1.82) is 0 Å². The number of carbonyl (C=O) groups is 2. The summed E-state index contributed by atoms with van der Waals surface area (Å²) in [5.74, 6) is 0.226. The zero-order chi connectivity index (χ0) is 16.8. The maximum absolute atomic E-state index is 12.2. The third-order valence-corrected chi connectivity index (χ3v) is 4.19. The number of unbranched alkanes of at least 4 members (excludes halogenated alkanes) is 1. The van der Waals surface area contributed by atoms with Crippen molar-refractivity contribution in [3.8, 4) is 5.75 Å². The molecule has 1 unspecified atom stereocenters. The van der Waals surface area contributed by atoms with Gasteiger partial charge in [0, 0.05) is 12.0 Å². The molecule has 1 heterocycles. The Bertz CT molecular complexity index is 712. The van der Waals surface area contributed by atoms with Gasteiger partial charge in [-0.25, -0.2) is 0 Å². The molecule has 0 bridgehead atoms. The van der Waals surface area contributed by atoms with Gasteiger partial charge < -0.3 is 10.1 Å². The van der Waals surface area contributed by atoms with Crippen LogP contribution in [0.3, 0.4) is 0 Å². The first-order valence-corrected chi connectivity index (χ1v) is 8.35. The molecule has 4 heteroatoms. The normalized spacial score (nSPS) is 16.2. The van der Waals surface area contributed by atoms with E-state index in [1.54, 1.807) is 6.07 Å². The second kappa shape index (κ2) is 7.77. The van der Waals surface area contributed by atoms with E-state index in [2.05, 4.69) is 17.4 Å². The highest BCUT2D eigenvalue weighted by atomic mass is 16.5. The number of fused-ring (bicyclic) bond motifs is 1. The molecule has 0 spiro atoms. The number of hydrogen-bond acceptors (Lipinski definition) is 3. The molecular formula is C20H21NO3. The second-order valence-corrected chi connectivity index (χ2v) is 6.03. The van der Waals surface area contributed by atoms with Gasteiger partial charge in [0.05, 0.1) is 12.5 Å². The van der Waals surface area contributed by atoms with Gasteiger partial charge in [0.25, 0.3) is 0 Å². The molecule has 0 aliphatic carbocycles. The number of aryl methyl sites for hydroxylation is 1. The van der Waals surface area contributed by atoms with Crippen LogP contribution in [-0.4, -0.2) is 11.9 Å². The van der Waals surface area contributed by atoms with E-state index >= 15 is 0 Å². The minimum Gasteiger partial charge on any atom is -0.426 e. The Hall–Kier alpha value is -2.62. The molecule has 2 aromatic rings. The monoisotopic (exact) mass is 323 g/mol. The van der Waals surface area contributed by atoms with Gasteiger partial charge in [-0.1, -0.05) is 48.5 Å². The Morgan fingerprint density at radius 3 is 2.62 bits per heavy atom. The van der Waals surface area contributed by atoms with Gasteiger partial charge in [0.2, 0.25) is 5.91 Å². The van der Waals surface area contributed by atoms with Crippen LogP contribution in [0.15, 0.2) is 54.6 Å². The molecule has 0 radical (unpaired) electrons. The van der Waals surface area contributed by atoms with Crippen molar-refractivity contribution in [1.82, 2.24) is 5.32 Å². The molecule has 4 nitrogen and oxygen atoms in total. The van der Waals surface area contributed by atoms with Gasteiger partial charge in [-0.2, -0.15) is 0 Å². The number of ether oxygens (including phenoxy) is 1. The summed E-state index contributed by atoms with van der Waals surface area (Å²) in [4.78, 5) is 23.8. The molecular weight excluding hydrogens is 302 g/mol. The number of carbonyl (C=O) groups excluding carboxylic acids is 2. The van der Waals surface area contributed by atoms with Gasteiger partial charge in [0.1, 0.15) is 5.75 Å². The zero-order valence-electron chi connectivity index (χ0n) is 13.5. The summed E-state index contributed by atoms with van der Waals surface area (Å²) in [5, 5.41) is 2.96.